The fourth-order valence-electron chi connectivity index (χ4n) is 5.20. The van der Waals surface area contributed by atoms with Crippen molar-refractivity contribution in [3.63, 3.8) is 0 Å². The molecule has 1 saturated carbocycles. The van der Waals surface area contributed by atoms with Crippen molar-refractivity contribution in [2.75, 3.05) is 17.2 Å². The van der Waals surface area contributed by atoms with Crippen LogP contribution in [0.2, 0.25) is 0 Å². The fraction of sp³-hybridized carbons (Fsp3) is 0.276. The lowest BCUT2D eigenvalue weighted by atomic mass is 9.93. The zero-order valence-electron chi connectivity index (χ0n) is 21.4. The first-order chi connectivity index (χ1) is 18.8. The molecule has 10 heteroatoms. The van der Waals surface area contributed by atoms with Gasteiger partial charge >= 0.3 is 0 Å². The third-order valence-electron chi connectivity index (χ3n) is 7.38. The Bertz CT molecular complexity index is 1680. The Labute approximate surface area is 223 Å². The highest BCUT2D eigenvalue weighted by Crippen LogP contribution is 2.42. The van der Waals surface area contributed by atoms with Gasteiger partial charge in [0.15, 0.2) is 5.82 Å². The van der Waals surface area contributed by atoms with Gasteiger partial charge in [0.1, 0.15) is 11.6 Å². The van der Waals surface area contributed by atoms with Crippen molar-refractivity contribution in [3.8, 4) is 11.4 Å². The smallest absolute Gasteiger partial charge is 0.261 e. The van der Waals surface area contributed by atoms with E-state index in [4.69, 9.17) is 5.73 Å². The number of carbonyl (C=O) groups is 1. The molecule has 39 heavy (non-hydrogen) atoms. The average Bonchev–Trinajstić information content (AvgIpc) is 3.76. The Morgan fingerprint density at radius 3 is 2.67 bits per heavy atom. The van der Waals surface area contributed by atoms with Crippen LogP contribution in [0.25, 0.3) is 11.4 Å². The number of benzene rings is 2. The lowest BCUT2D eigenvalue weighted by Gasteiger charge is -2.31. The first-order valence-electron chi connectivity index (χ1n) is 12.9. The Morgan fingerprint density at radius 1 is 1.10 bits per heavy atom. The highest BCUT2D eigenvalue weighted by molar-refractivity contribution is 6.09. The lowest BCUT2D eigenvalue weighted by molar-refractivity contribution is 0.0976. The number of pyridine rings is 1. The molecule has 9 nitrogen and oxygen atoms in total. The summed E-state index contributed by atoms with van der Waals surface area (Å²) in [4.78, 5) is 40.1. The Morgan fingerprint density at radius 2 is 1.92 bits per heavy atom. The quantitative estimate of drug-likeness (QED) is 0.395. The number of aromatic nitrogens is 4. The fourth-order valence-corrected chi connectivity index (χ4v) is 5.20. The van der Waals surface area contributed by atoms with Crippen LogP contribution in [0.5, 0.6) is 0 Å². The molecule has 2 aromatic carbocycles. The maximum atomic E-state index is 15.1. The number of amides is 1. The molecule has 1 amide bonds. The maximum absolute atomic E-state index is 15.1. The van der Waals surface area contributed by atoms with Crippen LogP contribution in [0.4, 0.5) is 16.0 Å². The third kappa shape index (κ3) is 4.67. The summed E-state index contributed by atoms with van der Waals surface area (Å²) >= 11 is 0. The van der Waals surface area contributed by atoms with Crippen molar-refractivity contribution >= 4 is 17.5 Å². The van der Waals surface area contributed by atoms with Gasteiger partial charge in [-0.2, -0.15) is 9.97 Å². The minimum Gasteiger partial charge on any atom is -0.392 e. The number of halogens is 1. The van der Waals surface area contributed by atoms with E-state index in [0.29, 0.717) is 41.5 Å². The predicted octanol–water partition coefficient (Wildman–Crippen LogP) is 3.12. The monoisotopic (exact) mass is 526 g/mol. The molecule has 2 aliphatic rings. The molecule has 1 aliphatic heterocycles. The highest BCUT2D eigenvalue weighted by Gasteiger charge is 2.33. The van der Waals surface area contributed by atoms with Crippen LogP contribution < -0.4 is 16.2 Å². The number of aliphatic hydroxyl groups excluding tert-OH is 1. The SMILES string of the molecule is Cn1ccc(Cc2nc(N)nc(-c3cccc(N4CCc5cc(C6CC6)cc(F)c5C4=O)c3CO)n2)cc1=O. The second-order valence-electron chi connectivity index (χ2n) is 10.1. The number of hydrogen-bond donors (Lipinski definition) is 2. The first-order valence-corrected chi connectivity index (χ1v) is 12.9. The average molecular weight is 527 g/mol. The van der Waals surface area contributed by atoms with Crippen LogP contribution >= 0.6 is 0 Å². The van der Waals surface area contributed by atoms with E-state index in [9.17, 15) is 14.7 Å². The second-order valence-corrected chi connectivity index (χ2v) is 10.1. The second kappa shape index (κ2) is 9.70. The number of nitrogens with zero attached hydrogens (tertiary/aromatic N) is 5. The van der Waals surface area contributed by atoms with Gasteiger partial charge in [-0.25, -0.2) is 9.37 Å². The molecule has 0 saturated heterocycles. The summed E-state index contributed by atoms with van der Waals surface area (Å²) < 4.78 is 16.6. The molecule has 0 spiro atoms. The molecular formula is C29H27FN6O3. The topological polar surface area (TPSA) is 127 Å². The molecule has 0 unspecified atom stereocenters. The molecule has 0 radical (unpaired) electrons. The molecule has 1 aliphatic carbocycles. The molecule has 1 fully saturated rings. The summed E-state index contributed by atoms with van der Waals surface area (Å²) in [6.45, 7) is -0.0513. The summed E-state index contributed by atoms with van der Waals surface area (Å²) in [5.41, 5.74) is 9.72. The van der Waals surface area contributed by atoms with Crippen molar-refractivity contribution in [1.29, 1.82) is 0 Å². The van der Waals surface area contributed by atoms with E-state index in [1.807, 2.05) is 6.07 Å². The van der Waals surface area contributed by atoms with Crippen LogP contribution in [0, 0.1) is 5.82 Å². The zero-order valence-corrected chi connectivity index (χ0v) is 21.4. The van der Waals surface area contributed by atoms with Gasteiger partial charge in [0.25, 0.3) is 11.5 Å². The molecule has 0 atom stereocenters. The molecule has 6 rings (SSSR count). The minimum absolute atomic E-state index is 0.00959. The van der Waals surface area contributed by atoms with Gasteiger partial charge in [-0.3, -0.25) is 9.59 Å². The summed E-state index contributed by atoms with van der Waals surface area (Å²) in [5, 5.41) is 10.4. The summed E-state index contributed by atoms with van der Waals surface area (Å²) in [5.74, 6) is 0.0278. The van der Waals surface area contributed by atoms with E-state index in [1.165, 1.54) is 21.6 Å². The van der Waals surface area contributed by atoms with E-state index in [2.05, 4.69) is 15.0 Å². The number of rotatable bonds is 6. The van der Waals surface area contributed by atoms with Crippen molar-refractivity contribution in [1.82, 2.24) is 19.5 Å². The van der Waals surface area contributed by atoms with Crippen LogP contribution in [0.15, 0.2) is 53.5 Å². The third-order valence-corrected chi connectivity index (χ3v) is 7.38. The lowest BCUT2D eigenvalue weighted by Crippen LogP contribution is -2.39. The number of nitrogen functional groups attached to an aromatic ring is 1. The molecule has 2 aromatic heterocycles. The maximum Gasteiger partial charge on any atom is 0.261 e. The van der Waals surface area contributed by atoms with E-state index in [0.717, 1.165) is 29.5 Å². The van der Waals surface area contributed by atoms with E-state index >= 15 is 4.39 Å². The number of aliphatic hydroxyl groups is 1. The summed E-state index contributed by atoms with van der Waals surface area (Å²) in [7, 11) is 1.67. The zero-order chi connectivity index (χ0) is 27.3. The number of anilines is 2. The van der Waals surface area contributed by atoms with Crippen molar-refractivity contribution in [2.45, 2.75) is 38.2 Å². The largest absolute Gasteiger partial charge is 0.392 e. The summed E-state index contributed by atoms with van der Waals surface area (Å²) in [6, 6.07) is 11.9. The van der Waals surface area contributed by atoms with Gasteiger partial charge in [-0.05, 0) is 60.1 Å². The van der Waals surface area contributed by atoms with Crippen molar-refractivity contribution < 1.29 is 14.3 Å². The molecule has 3 N–H and O–H groups in total. The normalized spacial score (nSPS) is 14.9. The molecular weight excluding hydrogens is 499 g/mol. The number of hydrogen-bond acceptors (Lipinski definition) is 7. The number of fused-ring (bicyclic) bond motifs is 1. The van der Waals surface area contributed by atoms with Gasteiger partial charge in [-0.1, -0.05) is 18.2 Å². The van der Waals surface area contributed by atoms with E-state index in [1.54, 1.807) is 37.5 Å². The van der Waals surface area contributed by atoms with Gasteiger partial charge in [-0.15, -0.1) is 0 Å². The molecule has 198 valence electrons. The number of aryl methyl sites for hydroxylation is 1. The van der Waals surface area contributed by atoms with Gasteiger partial charge in [0, 0.05) is 43.4 Å². The number of nitrogens with two attached hydrogens (primary N) is 1. The van der Waals surface area contributed by atoms with Crippen LogP contribution in [-0.4, -0.2) is 37.1 Å². The van der Waals surface area contributed by atoms with Gasteiger partial charge in [0.2, 0.25) is 5.95 Å². The predicted molar refractivity (Wildman–Crippen MR) is 144 cm³/mol. The first kappa shape index (κ1) is 24.9. The van der Waals surface area contributed by atoms with Crippen molar-refractivity contribution in [3.05, 3.63) is 98.5 Å². The van der Waals surface area contributed by atoms with E-state index in [-0.39, 0.29) is 29.3 Å². The van der Waals surface area contributed by atoms with Crippen molar-refractivity contribution in [2.24, 2.45) is 7.05 Å². The molecule has 0 bridgehead atoms. The van der Waals surface area contributed by atoms with Crippen LogP contribution in [-0.2, 0) is 26.5 Å². The number of carbonyl (C=O) groups excluding carboxylic acids is 1. The molecule has 4 aromatic rings. The Balaban J connectivity index is 1.36. The van der Waals surface area contributed by atoms with Crippen LogP contribution in [0.3, 0.4) is 0 Å². The summed E-state index contributed by atoms with van der Waals surface area (Å²) in [6.07, 6.45) is 4.54. The van der Waals surface area contributed by atoms with Crippen LogP contribution in [0.1, 0.15) is 57.2 Å². The Kier molecular flexibility index (Phi) is 6.19. The highest BCUT2D eigenvalue weighted by atomic mass is 19.1. The van der Waals surface area contributed by atoms with Gasteiger partial charge < -0.3 is 20.3 Å². The van der Waals surface area contributed by atoms with Gasteiger partial charge in [0.05, 0.1) is 17.9 Å². The standard InChI is InChI=1S/C29H27FN6O3/c1-35-9-7-16(12-25(35)38)11-24-32-27(34-29(31)33-24)20-3-2-4-23(21(20)15-37)36-10-8-18-13-19(17-5-6-17)14-22(30)26(18)28(36)39/h2-4,7,9,12-14,17,37H,5-6,8,10-11,15H2,1H3,(H2,31,32,33,34). The minimum atomic E-state index is -0.503. The molecule has 3 heterocycles. The van der Waals surface area contributed by atoms with E-state index < -0.39 is 18.3 Å². The Hall–Kier alpha value is -4.44.